The van der Waals surface area contributed by atoms with Crippen LogP contribution in [0.1, 0.15) is 90.0 Å². The molecule has 70 heavy (non-hydrogen) atoms. The average molecular weight is 922 g/mol. The molecule has 0 spiro atoms. The summed E-state index contributed by atoms with van der Waals surface area (Å²) >= 11 is 0. The standard InChI is InChI=1S/C65H60N4O/c1-63(2,3)48-37-45(38-49(39-48)64(4,5)6)54-29-20-28-53(44-21-11-9-12-22-44)62(54)68-43-67(58-31-17-18-32-59(58)68)50-25-19-26-51(41-50)70-52-33-34-56-55-27-15-16-30-57(55)69(60(56)42-52)61-40-47(35-36-66-61)65(7,8)46-23-13-10-14-24-46/h9-42H,43H2,1-8H3/i9D,11D,12D,15D,16D,21D,22D,27D,30D. The molecule has 2 aromatic heterocycles. The first-order valence-electron chi connectivity index (χ1n) is 28.3. The van der Waals surface area contributed by atoms with Crippen molar-refractivity contribution in [1.82, 2.24) is 9.55 Å². The Balaban J connectivity index is 1.03. The van der Waals surface area contributed by atoms with Crippen molar-refractivity contribution in [2.24, 2.45) is 0 Å². The van der Waals surface area contributed by atoms with E-state index in [-0.39, 0.29) is 59.3 Å². The van der Waals surface area contributed by atoms with Crippen molar-refractivity contribution in [1.29, 1.82) is 0 Å². The van der Waals surface area contributed by atoms with Crippen LogP contribution in [0, 0.1) is 0 Å². The van der Waals surface area contributed by atoms with Crippen LogP contribution in [-0.2, 0) is 16.2 Å². The summed E-state index contributed by atoms with van der Waals surface area (Å²) in [4.78, 5) is 9.19. The Kier molecular flexibility index (Phi) is 8.69. The summed E-state index contributed by atoms with van der Waals surface area (Å²) in [5.41, 5.74) is 10.1. The molecule has 0 aliphatic carbocycles. The summed E-state index contributed by atoms with van der Waals surface area (Å²) in [7, 11) is 0. The van der Waals surface area contributed by atoms with Crippen LogP contribution in [0.5, 0.6) is 11.5 Å². The van der Waals surface area contributed by atoms with Gasteiger partial charge in [-0.25, -0.2) is 4.98 Å². The Morgan fingerprint density at radius 3 is 1.86 bits per heavy atom. The van der Waals surface area contributed by atoms with Gasteiger partial charge in [-0.2, -0.15) is 0 Å². The fourth-order valence-corrected chi connectivity index (χ4v) is 9.73. The normalized spacial score (nSPS) is 14.8. The first-order valence-corrected chi connectivity index (χ1v) is 23.8. The summed E-state index contributed by atoms with van der Waals surface area (Å²) in [5.74, 6) is 1.49. The lowest BCUT2D eigenvalue weighted by Gasteiger charge is -2.29. The molecule has 0 unspecified atom stereocenters. The van der Waals surface area contributed by atoms with E-state index in [1.54, 1.807) is 6.20 Å². The van der Waals surface area contributed by atoms with Crippen molar-refractivity contribution in [2.45, 2.75) is 71.6 Å². The predicted octanol–water partition coefficient (Wildman–Crippen LogP) is 17.5. The van der Waals surface area contributed by atoms with Crippen molar-refractivity contribution >= 4 is 44.6 Å². The number of ether oxygens (including phenoxy) is 1. The maximum atomic E-state index is 9.26. The van der Waals surface area contributed by atoms with Crippen LogP contribution in [0.2, 0.25) is 0 Å². The van der Waals surface area contributed by atoms with Crippen LogP contribution in [0.4, 0.5) is 22.7 Å². The highest BCUT2D eigenvalue weighted by atomic mass is 16.5. The van der Waals surface area contributed by atoms with Gasteiger partial charge in [0.15, 0.2) is 0 Å². The van der Waals surface area contributed by atoms with E-state index in [1.807, 2.05) is 108 Å². The smallest absolute Gasteiger partial charge is 0.137 e. The molecule has 11 rings (SSSR count). The van der Waals surface area contributed by atoms with E-state index in [0.717, 1.165) is 50.4 Å². The number of aromatic nitrogens is 2. The Morgan fingerprint density at radius 1 is 0.486 bits per heavy atom. The van der Waals surface area contributed by atoms with Crippen molar-refractivity contribution in [3.63, 3.8) is 0 Å². The van der Waals surface area contributed by atoms with Crippen LogP contribution >= 0.6 is 0 Å². The van der Waals surface area contributed by atoms with E-state index in [1.165, 1.54) is 0 Å². The molecule has 0 radical (unpaired) electrons. The van der Waals surface area contributed by atoms with Gasteiger partial charge < -0.3 is 14.5 Å². The number of rotatable bonds is 9. The topological polar surface area (TPSA) is 33.5 Å². The van der Waals surface area contributed by atoms with Crippen LogP contribution < -0.4 is 14.5 Å². The van der Waals surface area contributed by atoms with Gasteiger partial charge in [-0.1, -0.05) is 189 Å². The first-order chi connectivity index (χ1) is 37.4. The number of para-hydroxylation sites is 4. The molecule has 0 bridgehead atoms. The van der Waals surface area contributed by atoms with Gasteiger partial charge in [0.1, 0.15) is 24.0 Å². The van der Waals surface area contributed by atoms with E-state index in [4.69, 9.17) is 17.9 Å². The molecule has 10 aromatic rings. The van der Waals surface area contributed by atoms with Crippen molar-refractivity contribution < 1.29 is 17.1 Å². The molecule has 1 aliphatic rings. The first kappa shape index (κ1) is 35.3. The van der Waals surface area contributed by atoms with Gasteiger partial charge in [-0.3, -0.25) is 4.57 Å². The number of pyridine rings is 1. The van der Waals surface area contributed by atoms with Crippen molar-refractivity contribution in [3.8, 4) is 39.6 Å². The van der Waals surface area contributed by atoms with Gasteiger partial charge >= 0.3 is 0 Å². The second kappa shape index (κ2) is 17.3. The van der Waals surface area contributed by atoms with Gasteiger partial charge in [0, 0.05) is 51.3 Å². The summed E-state index contributed by atoms with van der Waals surface area (Å²) in [6.45, 7) is 17.8. The van der Waals surface area contributed by atoms with Crippen LogP contribution in [0.3, 0.4) is 0 Å². The molecule has 1 aliphatic heterocycles. The summed E-state index contributed by atoms with van der Waals surface area (Å²) in [6.07, 6.45) is 1.74. The largest absolute Gasteiger partial charge is 0.457 e. The minimum absolute atomic E-state index is 0.117. The predicted molar refractivity (Wildman–Crippen MR) is 294 cm³/mol. The van der Waals surface area contributed by atoms with Gasteiger partial charge in [0.2, 0.25) is 0 Å². The highest BCUT2D eigenvalue weighted by Gasteiger charge is 2.32. The zero-order valence-electron chi connectivity index (χ0n) is 49.8. The number of benzene rings is 8. The SMILES string of the molecule is [2H]c1c([2H])c([2H])c(-c2cccc(-c3cc(C(C)(C)C)cc(C(C)(C)C)c3)c2N2CN(c3cccc(Oc4ccc5c6c([2H])c([2H])c([2H])c([2H])c6n(-c6cc(C(C)(C)c7ccccc7)ccn6)c5c4)c3)c3ccccc32)c([2H])c1[2H]. The number of nitrogens with zero attached hydrogens (tertiary/aromatic N) is 4. The van der Waals surface area contributed by atoms with Gasteiger partial charge in [0.25, 0.3) is 0 Å². The fraction of sp³-hybridized carbons (Fsp3) is 0.185. The zero-order valence-corrected chi connectivity index (χ0v) is 40.8. The molecule has 5 heteroatoms. The maximum absolute atomic E-state index is 9.26. The summed E-state index contributed by atoms with van der Waals surface area (Å²) in [6, 6.07) is 45.2. The van der Waals surface area contributed by atoms with Gasteiger partial charge in [-0.15, -0.1) is 0 Å². The Bertz CT molecular complexity index is 4040. The second-order valence-corrected chi connectivity index (χ2v) is 20.7. The lowest BCUT2D eigenvalue weighted by atomic mass is 9.78. The Morgan fingerprint density at radius 2 is 1.13 bits per heavy atom. The Hall–Kier alpha value is -7.89. The van der Waals surface area contributed by atoms with E-state index in [2.05, 4.69) is 108 Å². The molecular weight excluding hydrogens is 853 g/mol. The molecule has 0 fully saturated rings. The van der Waals surface area contributed by atoms with E-state index in [9.17, 15) is 4.11 Å². The van der Waals surface area contributed by atoms with Gasteiger partial charge in [0.05, 0.1) is 40.4 Å². The molecule has 0 saturated heterocycles. The number of fused-ring (bicyclic) bond motifs is 4. The number of anilines is 4. The minimum atomic E-state index is -0.453. The lowest BCUT2D eigenvalue weighted by Crippen LogP contribution is -2.25. The molecule has 346 valence electrons. The summed E-state index contributed by atoms with van der Waals surface area (Å²) in [5, 5.41) is 1.00. The number of hydrogen-bond donors (Lipinski definition) is 0. The van der Waals surface area contributed by atoms with Crippen LogP contribution in [0.25, 0.3) is 49.9 Å². The van der Waals surface area contributed by atoms with Gasteiger partial charge in [-0.05, 0) is 98.8 Å². The maximum Gasteiger partial charge on any atom is 0.137 e. The molecule has 0 saturated carbocycles. The minimum Gasteiger partial charge on any atom is -0.457 e. The van der Waals surface area contributed by atoms with Crippen LogP contribution in [-0.4, -0.2) is 16.2 Å². The fourth-order valence-electron chi connectivity index (χ4n) is 9.73. The number of hydrogen-bond acceptors (Lipinski definition) is 4. The highest BCUT2D eigenvalue weighted by Crippen LogP contribution is 2.51. The molecule has 5 nitrogen and oxygen atoms in total. The lowest BCUT2D eigenvalue weighted by molar-refractivity contribution is 0.483. The van der Waals surface area contributed by atoms with Crippen molar-refractivity contribution in [3.05, 3.63) is 228 Å². The zero-order chi connectivity index (χ0) is 56.2. The molecule has 3 heterocycles. The second-order valence-electron chi connectivity index (χ2n) is 20.7. The molecule has 0 N–H and O–H groups in total. The third kappa shape index (κ3) is 8.09. The third-order valence-corrected chi connectivity index (χ3v) is 13.7. The van der Waals surface area contributed by atoms with E-state index >= 15 is 0 Å². The summed E-state index contributed by atoms with van der Waals surface area (Å²) < 4.78 is 88.9. The Labute approximate surface area is 425 Å². The van der Waals surface area contributed by atoms with E-state index in [0.29, 0.717) is 50.4 Å². The molecule has 0 atom stereocenters. The van der Waals surface area contributed by atoms with E-state index < -0.39 is 23.5 Å². The highest BCUT2D eigenvalue weighted by molar-refractivity contribution is 6.09. The van der Waals surface area contributed by atoms with Crippen LogP contribution in [0.15, 0.2) is 206 Å². The van der Waals surface area contributed by atoms with Crippen molar-refractivity contribution in [2.75, 3.05) is 16.5 Å². The monoisotopic (exact) mass is 922 g/mol. The quantitative estimate of drug-likeness (QED) is 0.144. The molecular formula is C65H60N4O. The molecule has 8 aromatic carbocycles. The third-order valence-electron chi connectivity index (χ3n) is 13.7. The average Bonchev–Trinajstić information content (AvgIpc) is 4.09. The molecule has 0 amide bonds.